The second-order valence-corrected chi connectivity index (χ2v) is 9.26. The summed E-state index contributed by atoms with van der Waals surface area (Å²) in [5.41, 5.74) is 3.46. The van der Waals surface area contributed by atoms with E-state index in [1.165, 1.54) is 0 Å². The Balaban J connectivity index is 1.40. The molecule has 4 aromatic rings. The van der Waals surface area contributed by atoms with Crippen LogP contribution in [-0.4, -0.2) is 28.9 Å². The van der Waals surface area contributed by atoms with E-state index in [9.17, 15) is 14.4 Å². The van der Waals surface area contributed by atoms with Crippen LogP contribution in [0, 0.1) is 5.92 Å². The Morgan fingerprint density at radius 2 is 1.61 bits per heavy atom. The topological polar surface area (TPSA) is 121 Å². The van der Waals surface area contributed by atoms with E-state index >= 15 is 0 Å². The Morgan fingerprint density at radius 3 is 2.26 bits per heavy atom. The zero-order chi connectivity index (χ0) is 27.1. The fourth-order valence-corrected chi connectivity index (χ4v) is 3.97. The third kappa shape index (κ3) is 6.88. The molecule has 0 saturated carbocycles. The van der Waals surface area contributed by atoms with Gasteiger partial charge in [0.1, 0.15) is 17.4 Å². The van der Waals surface area contributed by atoms with Gasteiger partial charge in [-0.25, -0.2) is 4.79 Å². The Bertz CT molecular complexity index is 1420. The Labute approximate surface area is 220 Å². The molecule has 0 fully saturated rings. The van der Waals surface area contributed by atoms with Crippen LogP contribution in [0.5, 0.6) is 0 Å². The number of furan rings is 1. The van der Waals surface area contributed by atoms with Crippen LogP contribution in [0.15, 0.2) is 95.6 Å². The van der Waals surface area contributed by atoms with Crippen molar-refractivity contribution < 1.29 is 23.9 Å². The summed E-state index contributed by atoms with van der Waals surface area (Å²) in [5.74, 6) is -0.729. The van der Waals surface area contributed by atoms with Gasteiger partial charge in [0, 0.05) is 40.2 Å². The van der Waals surface area contributed by atoms with Gasteiger partial charge in [-0.15, -0.1) is 0 Å². The summed E-state index contributed by atoms with van der Waals surface area (Å²) in [7, 11) is 0. The number of hydrogen-bond donors (Lipinski definition) is 4. The van der Waals surface area contributed by atoms with Crippen LogP contribution in [0.1, 0.15) is 30.6 Å². The molecule has 3 aromatic carbocycles. The van der Waals surface area contributed by atoms with Crippen LogP contribution in [0.4, 0.5) is 11.4 Å². The van der Waals surface area contributed by atoms with Crippen molar-refractivity contribution in [2.45, 2.75) is 26.3 Å². The highest BCUT2D eigenvalue weighted by Crippen LogP contribution is 2.28. The van der Waals surface area contributed by atoms with Crippen molar-refractivity contribution in [3.8, 4) is 11.3 Å². The SMILES string of the molecule is CC(C)C[C@@H](Nc1ccc(C(=O)N/C=C/C(=O)O)cc1)C(=O)Nc1ccc(-c2cc3ccccc3o2)cc1. The van der Waals surface area contributed by atoms with Crippen LogP contribution in [-0.2, 0) is 9.59 Å². The summed E-state index contributed by atoms with van der Waals surface area (Å²) in [4.78, 5) is 35.8. The van der Waals surface area contributed by atoms with Crippen molar-refractivity contribution in [1.82, 2.24) is 5.32 Å². The van der Waals surface area contributed by atoms with Crippen molar-refractivity contribution in [3.05, 3.63) is 96.7 Å². The molecular formula is C30H29N3O5. The van der Waals surface area contributed by atoms with Gasteiger partial charge in [-0.2, -0.15) is 0 Å². The predicted molar refractivity (Wildman–Crippen MR) is 148 cm³/mol. The zero-order valence-electron chi connectivity index (χ0n) is 21.1. The molecule has 8 nitrogen and oxygen atoms in total. The number of hydrogen-bond acceptors (Lipinski definition) is 5. The van der Waals surface area contributed by atoms with E-state index in [4.69, 9.17) is 9.52 Å². The van der Waals surface area contributed by atoms with Gasteiger partial charge in [0.15, 0.2) is 0 Å². The highest BCUT2D eigenvalue weighted by molar-refractivity contribution is 5.97. The zero-order valence-corrected chi connectivity index (χ0v) is 21.1. The quantitative estimate of drug-likeness (QED) is 0.197. The van der Waals surface area contributed by atoms with Gasteiger partial charge in [-0.1, -0.05) is 32.0 Å². The monoisotopic (exact) mass is 511 g/mol. The fourth-order valence-electron chi connectivity index (χ4n) is 3.97. The molecular weight excluding hydrogens is 482 g/mol. The number of benzene rings is 3. The molecule has 194 valence electrons. The first-order valence-corrected chi connectivity index (χ1v) is 12.3. The van der Waals surface area contributed by atoms with Crippen LogP contribution >= 0.6 is 0 Å². The molecule has 2 amide bonds. The molecule has 1 heterocycles. The molecule has 0 saturated heterocycles. The minimum Gasteiger partial charge on any atom is -0.478 e. The van der Waals surface area contributed by atoms with Crippen LogP contribution < -0.4 is 16.0 Å². The lowest BCUT2D eigenvalue weighted by molar-refractivity contribution is -0.131. The predicted octanol–water partition coefficient (Wildman–Crippen LogP) is 5.89. The van der Waals surface area contributed by atoms with Gasteiger partial charge in [0.05, 0.1) is 0 Å². The Kier molecular flexibility index (Phi) is 8.23. The van der Waals surface area contributed by atoms with Gasteiger partial charge in [-0.3, -0.25) is 9.59 Å². The molecule has 0 aliphatic rings. The highest BCUT2D eigenvalue weighted by Gasteiger charge is 2.20. The molecule has 38 heavy (non-hydrogen) atoms. The lowest BCUT2D eigenvalue weighted by Crippen LogP contribution is -2.35. The molecule has 0 aliphatic carbocycles. The second kappa shape index (κ2) is 11.9. The number of nitrogens with one attached hydrogen (secondary N) is 3. The maximum atomic E-state index is 13.2. The number of fused-ring (bicyclic) bond motifs is 1. The first-order valence-electron chi connectivity index (χ1n) is 12.3. The van der Waals surface area contributed by atoms with Crippen LogP contribution in [0.2, 0.25) is 0 Å². The largest absolute Gasteiger partial charge is 0.478 e. The molecule has 0 unspecified atom stereocenters. The molecule has 0 spiro atoms. The average molecular weight is 512 g/mol. The fraction of sp³-hybridized carbons (Fsp3) is 0.167. The molecule has 0 bridgehead atoms. The lowest BCUT2D eigenvalue weighted by Gasteiger charge is -2.21. The molecule has 0 radical (unpaired) electrons. The maximum Gasteiger partial charge on any atom is 0.329 e. The van der Waals surface area contributed by atoms with Crippen molar-refractivity contribution in [1.29, 1.82) is 0 Å². The summed E-state index contributed by atoms with van der Waals surface area (Å²) < 4.78 is 5.93. The summed E-state index contributed by atoms with van der Waals surface area (Å²) >= 11 is 0. The standard InChI is InChI=1S/C30H29N3O5/c1-19(2)17-25(32-23-13-9-21(10-14-23)29(36)31-16-15-28(34)35)30(37)33-24-11-7-20(8-12-24)27-18-22-5-3-4-6-26(22)38-27/h3-16,18-19,25,32H,17H2,1-2H3,(H,31,36)(H,33,37)(H,34,35)/b16-15+/t25-/m1/s1. The maximum absolute atomic E-state index is 13.2. The van der Waals surface area contributed by atoms with Gasteiger partial charge in [0.2, 0.25) is 5.91 Å². The van der Waals surface area contributed by atoms with Gasteiger partial charge in [0.25, 0.3) is 5.91 Å². The van der Waals surface area contributed by atoms with E-state index in [-0.39, 0.29) is 11.8 Å². The molecule has 4 rings (SSSR count). The Morgan fingerprint density at radius 1 is 0.921 bits per heavy atom. The minimum absolute atomic E-state index is 0.171. The van der Waals surface area contributed by atoms with E-state index < -0.39 is 17.9 Å². The van der Waals surface area contributed by atoms with Gasteiger partial charge < -0.3 is 25.5 Å². The smallest absolute Gasteiger partial charge is 0.329 e. The number of carbonyl (C=O) groups is 3. The number of amides is 2. The number of para-hydroxylation sites is 1. The van der Waals surface area contributed by atoms with Crippen molar-refractivity contribution in [3.63, 3.8) is 0 Å². The van der Waals surface area contributed by atoms with E-state index in [0.717, 1.165) is 34.6 Å². The number of carboxylic acids is 1. The first kappa shape index (κ1) is 26.2. The van der Waals surface area contributed by atoms with E-state index in [1.54, 1.807) is 24.3 Å². The van der Waals surface area contributed by atoms with Crippen LogP contribution in [0.3, 0.4) is 0 Å². The third-order valence-corrected chi connectivity index (χ3v) is 5.81. The number of aliphatic carboxylic acids is 1. The molecule has 8 heteroatoms. The van der Waals surface area contributed by atoms with E-state index in [2.05, 4.69) is 16.0 Å². The second-order valence-electron chi connectivity index (χ2n) is 9.26. The summed E-state index contributed by atoms with van der Waals surface area (Å²) in [6, 6.07) is 23.5. The van der Waals surface area contributed by atoms with Crippen molar-refractivity contribution >= 4 is 40.1 Å². The normalized spacial score (nSPS) is 12.0. The lowest BCUT2D eigenvalue weighted by atomic mass is 10.0. The minimum atomic E-state index is -1.15. The average Bonchev–Trinajstić information content (AvgIpc) is 3.33. The first-order chi connectivity index (χ1) is 18.3. The number of rotatable bonds is 10. The highest BCUT2D eigenvalue weighted by atomic mass is 16.4. The van der Waals surface area contributed by atoms with Gasteiger partial charge >= 0.3 is 5.97 Å². The molecule has 1 aromatic heterocycles. The molecule has 4 N–H and O–H groups in total. The van der Waals surface area contributed by atoms with Crippen molar-refractivity contribution in [2.75, 3.05) is 10.6 Å². The summed E-state index contributed by atoms with van der Waals surface area (Å²) in [5, 5.41) is 18.3. The number of anilines is 2. The summed E-state index contributed by atoms with van der Waals surface area (Å²) in [6.07, 6.45) is 2.52. The molecule has 1 atom stereocenters. The van der Waals surface area contributed by atoms with Gasteiger partial charge in [-0.05, 0) is 73.0 Å². The van der Waals surface area contributed by atoms with Crippen LogP contribution in [0.25, 0.3) is 22.3 Å². The van der Waals surface area contributed by atoms with Crippen molar-refractivity contribution in [2.24, 2.45) is 5.92 Å². The Hall–Kier alpha value is -4.85. The number of carboxylic acid groups (broad SMARTS) is 1. The number of carbonyl (C=O) groups excluding carboxylic acids is 2. The third-order valence-electron chi connectivity index (χ3n) is 5.81. The molecule has 0 aliphatic heterocycles. The van der Waals surface area contributed by atoms with E-state index in [0.29, 0.717) is 23.4 Å². The summed E-state index contributed by atoms with van der Waals surface area (Å²) in [6.45, 7) is 4.09. The van der Waals surface area contributed by atoms with E-state index in [1.807, 2.05) is 68.4 Å².